The number of carboxylic acids is 1. The summed E-state index contributed by atoms with van der Waals surface area (Å²) >= 11 is 0. The molecule has 6 rings (SSSR count). The normalized spacial score (nSPS) is 23.2. The van der Waals surface area contributed by atoms with E-state index in [1.54, 1.807) is 48.5 Å². The van der Waals surface area contributed by atoms with Gasteiger partial charge in [0.05, 0.1) is 20.1 Å². The van der Waals surface area contributed by atoms with Crippen molar-refractivity contribution in [2.24, 2.45) is 5.92 Å². The number of carboxylic acid groups (broad SMARTS) is 1. The lowest BCUT2D eigenvalue weighted by molar-refractivity contribution is -0.943. The van der Waals surface area contributed by atoms with E-state index in [2.05, 4.69) is 12.4 Å². The number of carbonyl (C=O) groups is 3. The van der Waals surface area contributed by atoms with Gasteiger partial charge in [0.2, 0.25) is 11.6 Å². The first-order valence-corrected chi connectivity index (χ1v) is 13.4. The minimum atomic E-state index is -5.19. The molecule has 0 radical (unpaired) electrons. The van der Waals surface area contributed by atoms with Crippen LogP contribution in [0, 0.1) is 5.92 Å². The molecule has 0 spiro atoms. The third kappa shape index (κ3) is 6.47. The van der Waals surface area contributed by atoms with Gasteiger partial charge in [-0.2, -0.15) is 13.2 Å². The number of carbonyl (C=O) groups excluding carboxylic acids is 3. The molecule has 3 heterocycles. The molecule has 0 saturated carbocycles. The summed E-state index contributed by atoms with van der Waals surface area (Å²) in [4.78, 5) is 36.2. The lowest BCUT2D eigenvalue weighted by Crippen LogP contribution is -2.72. The highest BCUT2D eigenvalue weighted by Crippen LogP contribution is 2.41. The predicted molar refractivity (Wildman–Crippen MR) is 144 cm³/mol. The van der Waals surface area contributed by atoms with Crippen LogP contribution < -0.4 is 10.4 Å². The van der Waals surface area contributed by atoms with Gasteiger partial charge in [-0.25, -0.2) is 4.79 Å². The van der Waals surface area contributed by atoms with Crippen molar-refractivity contribution in [1.29, 1.82) is 0 Å². The number of anilines is 1. The van der Waals surface area contributed by atoms with E-state index in [9.17, 15) is 27.9 Å². The number of aliphatic hydroxyl groups is 1. The number of nitrogens with one attached hydrogen (secondary N) is 1. The third-order valence-corrected chi connectivity index (χ3v) is 7.93. The highest BCUT2D eigenvalue weighted by molar-refractivity contribution is 5.95. The van der Waals surface area contributed by atoms with Crippen LogP contribution in [0.25, 0.3) is 0 Å². The molecule has 3 aliphatic heterocycles. The molecule has 3 aliphatic rings. The number of hydrogen-bond acceptors (Lipinski definition) is 6. The van der Waals surface area contributed by atoms with Gasteiger partial charge in [-0.05, 0) is 23.3 Å². The van der Waals surface area contributed by atoms with Gasteiger partial charge in [-0.3, -0.25) is 4.79 Å². The second kappa shape index (κ2) is 12.3. The zero-order valence-corrected chi connectivity index (χ0v) is 22.8. The number of rotatable bonds is 6. The molecule has 3 aromatic rings. The Labute approximate surface area is 240 Å². The monoisotopic (exact) mass is 584 g/mol. The number of aliphatic carboxylic acids is 1. The van der Waals surface area contributed by atoms with Gasteiger partial charge in [0, 0.05) is 24.4 Å². The Hall–Kier alpha value is -4.22. The number of ether oxygens (including phenoxy) is 1. The van der Waals surface area contributed by atoms with Gasteiger partial charge < -0.3 is 29.5 Å². The summed E-state index contributed by atoms with van der Waals surface area (Å²) < 4.78 is 38.2. The summed E-state index contributed by atoms with van der Waals surface area (Å²) in [6, 6.07) is 26.5. The van der Waals surface area contributed by atoms with Crippen LogP contribution in [0.2, 0.25) is 0 Å². The molecule has 3 fully saturated rings. The number of likely N-dealkylation sites (N-methyl/N-ethyl adjacent to an activating group) is 1. The van der Waals surface area contributed by atoms with Crippen LogP contribution in [0.1, 0.15) is 24.0 Å². The molecule has 42 heavy (non-hydrogen) atoms. The van der Waals surface area contributed by atoms with Gasteiger partial charge in [0.1, 0.15) is 5.97 Å². The van der Waals surface area contributed by atoms with Crippen LogP contribution in [-0.4, -0.2) is 65.9 Å². The van der Waals surface area contributed by atoms with E-state index in [4.69, 9.17) is 14.6 Å². The van der Waals surface area contributed by atoms with E-state index >= 15 is 0 Å². The zero-order valence-electron chi connectivity index (χ0n) is 22.8. The van der Waals surface area contributed by atoms with Gasteiger partial charge >= 0.3 is 12.1 Å². The minimum absolute atomic E-state index is 0.0706. The summed E-state index contributed by atoms with van der Waals surface area (Å²) in [5.41, 5.74) is -0.402. The van der Waals surface area contributed by atoms with Crippen LogP contribution in [-0.2, 0) is 24.7 Å². The summed E-state index contributed by atoms with van der Waals surface area (Å²) in [5, 5.41) is 23.7. The fourth-order valence-electron chi connectivity index (χ4n) is 5.70. The Bertz CT molecular complexity index is 1340. The van der Waals surface area contributed by atoms with E-state index < -0.39 is 35.9 Å². The average Bonchev–Trinajstić information content (AvgIpc) is 2.98. The average molecular weight is 585 g/mol. The van der Waals surface area contributed by atoms with E-state index in [0.717, 1.165) is 25.9 Å². The van der Waals surface area contributed by atoms with Crippen LogP contribution >= 0.6 is 0 Å². The number of para-hydroxylation sites is 1. The quantitative estimate of drug-likeness (QED) is 0.340. The fourth-order valence-corrected chi connectivity index (χ4v) is 5.70. The van der Waals surface area contributed by atoms with Crippen molar-refractivity contribution in [1.82, 2.24) is 0 Å². The number of benzene rings is 3. The summed E-state index contributed by atoms with van der Waals surface area (Å²) in [5.74, 6) is -3.85. The number of piperidine rings is 3. The van der Waals surface area contributed by atoms with E-state index in [-0.39, 0.29) is 11.8 Å². The summed E-state index contributed by atoms with van der Waals surface area (Å²) in [6.45, 7) is 1.71. The first-order valence-electron chi connectivity index (χ1n) is 13.4. The highest BCUT2D eigenvalue weighted by atomic mass is 19.4. The molecule has 2 atom stereocenters. The Morgan fingerprint density at radius 1 is 0.857 bits per heavy atom. The van der Waals surface area contributed by atoms with Gasteiger partial charge in [0.15, 0.2) is 6.10 Å². The van der Waals surface area contributed by atoms with Crippen LogP contribution in [0.5, 0.6) is 0 Å². The number of fused-ring (bicyclic) bond motifs is 3. The molecule has 1 amide bonds. The van der Waals surface area contributed by atoms with Crippen LogP contribution in [0.3, 0.4) is 0 Å². The zero-order chi connectivity index (χ0) is 30.5. The maximum absolute atomic E-state index is 13.8. The molecule has 11 heteroatoms. The van der Waals surface area contributed by atoms with Crippen molar-refractivity contribution in [3.8, 4) is 0 Å². The van der Waals surface area contributed by atoms with Gasteiger partial charge in [-0.1, -0.05) is 78.9 Å². The molecular weight excluding hydrogens is 553 g/mol. The third-order valence-electron chi connectivity index (χ3n) is 7.93. The molecular formula is C31H31F3N2O6. The molecule has 8 nitrogen and oxygen atoms in total. The van der Waals surface area contributed by atoms with Crippen molar-refractivity contribution in [2.45, 2.75) is 36.8 Å². The van der Waals surface area contributed by atoms with E-state index in [1.807, 2.05) is 42.5 Å². The predicted octanol–water partition coefficient (Wildman–Crippen LogP) is 3.01. The number of amides is 1. The van der Waals surface area contributed by atoms with Crippen molar-refractivity contribution < 1.29 is 47.0 Å². The lowest BCUT2D eigenvalue weighted by atomic mass is 9.77. The first kappa shape index (κ1) is 30.7. The Kier molecular flexibility index (Phi) is 9.03. The number of halogens is 3. The number of quaternary nitrogens is 1. The number of hydrogen-bond donors (Lipinski definition) is 2. The van der Waals surface area contributed by atoms with Crippen LogP contribution in [0.4, 0.5) is 18.9 Å². The maximum atomic E-state index is 13.8. The molecule has 2 bridgehead atoms. The lowest BCUT2D eigenvalue weighted by Gasteiger charge is -2.54. The van der Waals surface area contributed by atoms with Gasteiger partial charge in [0.25, 0.3) is 5.91 Å². The number of alkyl halides is 3. The topological polar surface area (TPSA) is 116 Å². The second-order valence-electron chi connectivity index (χ2n) is 10.7. The molecule has 3 saturated heterocycles. The van der Waals surface area contributed by atoms with Crippen molar-refractivity contribution in [2.75, 3.05) is 25.5 Å². The summed E-state index contributed by atoms with van der Waals surface area (Å²) in [7, 11) is 2.06. The number of esters is 1. The van der Waals surface area contributed by atoms with E-state index in [1.165, 1.54) is 0 Å². The van der Waals surface area contributed by atoms with Crippen molar-refractivity contribution >= 4 is 23.5 Å². The van der Waals surface area contributed by atoms with Crippen LogP contribution in [0.15, 0.2) is 91.0 Å². The molecule has 0 aliphatic carbocycles. The Morgan fingerprint density at radius 2 is 1.29 bits per heavy atom. The largest absolute Gasteiger partial charge is 0.542 e. The fraction of sp³-hybridized carbons (Fsp3) is 0.323. The smallest absolute Gasteiger partial charge is 0.430 e. The molecule has 0 aromatic heterocycles. The Morgan fingerprint density at radius 3 is 1.71 bits per heavy atom. The molecule has 2 N–H and O–H groups in total. The second-order valence-corrected chi connectivity index (χ2v) is 10.7. The highest BCUT2D eigenvalue weighted by Gasteiger charge is 2.58. The van der Waals surface area contributed by atoms with Gasteiger partial charge in [-0.15, -0.1) is 0 Å². The number of nitrogens with zero attached hydrogens (tertiary/aromatic N) is 1. The first-order chi connectivity index (χ1) is 19.9. The molecule has 3 aromatic carbocycles. The van der Waals surface area contributed by atoms with Crippen molar-refractivity contribution in [3.05, 3.63) is 102 Å². The standard InChI is InChI=1S/C29H30N2O4.C2HF3O2/c1-31-19-17-21(18-20-31)26(25(31)27(32)30-24-15-9-4-10-16-24)35-28(33)29(34,22-11-5-2-6-12-22)23-13-7-3-8-14-23;3-2(4,5)1(6)7/h2-16,21,25-26,34H,17-20H2,1H3;(H,6,7)/t21?,25?,26-,31?;/m1./s1. The minimum Gasteiger partial charge on any atom is -0.542 e. The SMILES string of the molecule is C[N+]12CCC(CC1)[C@@H](OC(=O)C(O)(c1ccccc1)c1ccccc1)C2C(=O)Nc1ccccc1.O=C([O-])C(F)(F)F. The molecule has 222 valence electrons. The maximum Gasteiger partial charge on any atom is 0.430 e. The van der Waals surface area contributed by atoms with Crippen molar-refractivity contribution in [3.63, 3.8) is 0 Å². The Balaban J connectivity index is 0.000000517. The van der Waals surface area contributed by atoms with E-state index in [0.29, 0.717) is 21.3 Å². The molecule has 1 unspecified atom stereocenters. The summed E-state index contributed by atoms with van der Waals surface area (Å²) in [6.07, 6.45) is -4.07.